The highest BCUT2D eigenvalue weighted by atomic mass is 32.2. The van der Waals surface area contributed by atoms with Crippen molar-refractivity contribution >= 4 is 16.0 Å². The summed E-state index contributed by atoms with van der Waals surface area (Å²) in [4.78, 5) is 10.7. The fourth-order valence-electron chi connectivity index (χ4n) is 0.843. The van der Waals surface area contributed by atoms with Crippen LogP contribution >= 0.6 is 0 Å². The van der Waals surface area contributed by atoms with Crippen molar-refractivity contribution in [1.29, 1.82) is 5.26 Å². The van der Waals surface area contributed by atoms with E-state index in [2.05, 4.69) is 9.46 Å². The highest BCUT2D eigenvalue weighted by Gasteiger charge is 2.10. The summed E-state index contributed by atoms with van der Waals surface area (Å²) in [6, 6.07) is 1.82. The predicted octanol–water partition coefficient (Wildman–Crippen LogP) is -0.227. The summed E-state index contributed by atoms with van der Waals surface area (Å²) in [5.74, 6) is -0.560. The summed E-state index contributed by atoms with van der Waals surface area (Å²) in [6.45, 7) is 0.108. The van der Waals surface area contributed by atoms with Crippen molar-refractivity contribution in [3.8, 4) is 6.07 Å². The van der Waals surface area contributed by atoms with Gasteiger partial charge in [0.25, 0.3) is 0 Å². The summed E-state index contributed by atoms with van der Waals surface area (Å²) >= 11 is 0. The number of hydrogen-bond donors (Lipinski definition) is 1. The van der Waals surface area contributed by atoms with E-state index in [1.165, 1.54) is 7.11 Å². The largest absolute Gasteiger partial charge is 0.469 e. The van der Waals surface area contributed by atoms with Crippen LogP contribution in [0.25, 0.3) is 0 Å². The Labute approximate surface area is 89.3 Å². The molecule has 0 spiro atoms. The highest BCUT2D eigenvalue weighted by molar-refractivity contribution is 7.89. The zero-order valence-corrected chi connectivity index (χ0v) is 9.34. The van der Waals surface area contributed by atoms with Crippen LogP contribution in [0.1, 0.15) is 19.3 Å². The maximum Gasteiger partial charge on any atom is 0.305 e. The number of ether oxygens (including phenoxy) is 1. The summed E-state index contributed by atoms with van der Waals surface area (Å²) in [6.07, 6.45) is 0.431. The lowest BCUT2D eigenvalue weighted by molar-refractivity contribution is -0.140. The molecule has 0 bridgehead atoms. The van der Waals surface area contributed by atoms with Gasteiger partial charge in [-0.05, 0) is 6.42 Å². The standard InChI is InChI=1S/C8H14N2O4S/c1-14-8(11)4-2-7-15(12,13)10-6-3-5-9/h10H,2-4,6-7H2,1H3. The van der Waals surface area contributed by atoms with E-state index in [4.69, 9.17) is 5.26 Å². The number of esters is 1. The quantitative estimate of drug-likeness (QED) is 0.485. The van der Waals surface area contributed by atoms with Gasteiger partial charge in [0.05, 0.1) is 18.9 Å². The second-order valence-electron chi connectivity index (χ2n) is 2.80. The number of hydrogen-bond acceptors (Lipinski definition) is 5. The van der Waals surface area contributed by atoms with Gasteiger partial charge in [-0.3, -0.25) is 4.79 Å². The fourth-order valence-corrected chi connectivity index (χ4v) is 1.92. The summed E-state index contributed by atoms with van der Waals surface area (Å²) in [5.41, 5.74) is 0. The Bertz CT molecular complexity index is 331. The monoisotopic (exact) mass is 234 g/mol. The lowest BCUT2D eigenvalue weighted by Gasteiger charge is -2.03. The van der Waals surface area contributed by atoms with Crippen LogP contribution in [0, 0.1) is 11.3 Å². The van der Waals surface area contributed by atoms with E-state index in [1.54, 1.807) is 0 Å². The molecule has 7 heteroatoms. The number of sulfonamides is 1. The van der Waals surface area contributed by atoms with Crippen molar-refractivity contribution in [2.75, 3.05) is 19.4 Å². The SMILES string of the molecule is COC(=O)CCCS(=O)(=O)NCCC#N. The topological polar surface area (TPSA) is 96.3 Å². The molecule has 0 saturated heterocycles. The number of rotatable bonds is 7. The molecule has 0 radical (unpaired) electrons. The van der Waals surface area contributed by atoms with Crippen LogP contribution in [0.5, 0.6) is 0 Å². The first-order chi connectivity index (χ1) is 7.02. The van der Waals surface area contributed by atoms with Gasteiger partial charge in [0.1, 0.15) is 0 Å². The van der Waals surface area contributed by atoms with Gasteiger partial charge in [-0.1, -0.05) is 0 Å². The summed E-state index contributed by atoms with van der Waals surface area (Å²) in [5, 5.41) is 8.20. The Balaban J connectivity index is 3.75. The normalized spacial score (nSPS) is 10.7. The van der Waals surface area contributed by atoms with Gasteiger partial charge < -0.3 is 4.74 Å². The molecule has 15 heavy (non-hydrogen) atoms. The van der Waals surface area contributed by atoms with Gasteiger partial charge in [-0.15, -0.1) is 0 Å². The molecule has 0 atom stereocenters. The van der Waals surface area contributed by atoms with Crippen molar-refractivity contribution in [1.82, 2.24) is 4.72 Å². The molecule has 0 aromatic heterocycles. The highest BCUT2D eigenvalue weighted by Crippen LogP contribution is 1.96. The van der Waals surface area contributed by atoms with Crippen molar-refractivity contribution in [3.05, 3.63) is 0 Å². The van der Waals surface area contributed by atoms with Crippen LogP contribution in [0.3, 0.4) is 0 Å². The summed E-state index contributed by atoms with van der Waals surface area (Å²) in [7, 11) is -2.11. The van der Waals surface area contributed by atoms with E-state index >= 15 is 0 Å². The molecule has 1 N–H and O–H groups in total. The molecule has 0 aromatic carbocycles. The molecule has 0 fully saturated rings. The van der Waals surface area contributed by atoms with Gasteiger partial charge >= 0.3 is 5.97 Å². The molecule has 0 saturated carbocycles. The maximum absolute atomic E-state index is 11.2. The molecule has 0 heterocycles. The third kappa shape index (κ3) is 7.90. The van der Waals surface area contributed by atoms with Crippen LogP contribution < -0.4 is 4.72 Å². The first-order valence-electron chi connectivity index (χ1n) is 4.43. The lowest BCUT2D eigenvalue weighted by Crippen LogP contribution is -2.27. The van der Waals surface area contributed by atoms with Crippen molar-refractivity contribution in [2.45, 2.75) is 19.3 Å². The maximum atomic E-state index is 11.2. The number of carbonyl (C=O) groups is 1. The molecule has 0 amide bonds. The van der Waals surface area contributed by atoms with Gasteiger partial charge in [0, 0.05) is 19.4 Å². The molecular formula is C8H14N2O4S. The van der Waals surface area contributed by atoms with E-state index in [-0.39, 0.29) is 31.6 Å². The lowest BCUT2D eigenvalue weighted by atomic mass is 10.3. The number of nitriles is 1. The second kappa shape index (κ2) is 7.20. The molecule has 0 aliphatic carbocycles. The molecule has 0 aromatic rings. The fraction of sp³-hybridized carbons (Fsp3) is 0.750. The van der Waals surface area contributed by atoms with Crippen LogP contribution in [0.15, 0.2) is 0 Å². The van der Waals surface area contributed by atoms with E-state index in [0.717, 1.165) is 0 Å². The van der Waals surface area contributed by atoms with Crippen molar-refractivity contribution in [2.24, 2.45) is 0 Å². The van der Waals surface area contributed by atoms with Gasteiger partial charge in [0.15, 0.2) is 0 Å². The molecular weight excluding hydrogens is 220 g/mol. The average molecular weight is 234 g/mol. The Morgan fingerprint density at radius 3 is 2.73 bits per heavy atom. The smallest absolute Gasteiger partial charge is 0.305 e. The number of nitrogens with zero attached hydrogens (tertiary/aromatic N) is 1. The Hall–Kier alpha value is -1.13. The van der Waals surface area contributed by atoms with Gasteiger partial charge in [0.2, 0.25) is 10.0 Å². The van der Waals surface area contributed by atoms with E-state index in [1.807, 2.05) is 6.07 Å². The van der Waals surface area contributed by atoms with E-state index in [9.17, 15) is 13.2 Å². The van der Waals surface area contributed by atoms with Crippen LogP contribution in [-0.4, -0.2) is 33.8 Å². The molecule has 0 aliphatic heterocycles. The molecule has 6 nitrogen and oxygen atoms in total. The number of methoxy groups -OCH3 is 1. The Morgan fingerprint density at radius 2 is 2.20 bits per heavy atom. The molecule has 0 unspecified atom stereocenters. The third-order valence-electron chi connectivity index (χ3n) is 1.58. The van der Waals surface area contributed by atoms with Crippen molar-refractivity contribution < 1.29 is 17.9 Å². The van der Waals surface area contributed by atoms with Crippen molar-refractivity contribution in [3.63, 3.8) is 0 Å². The minimum absolute atomic E-state index is 0.0790. The van der Waals surface area contributed by atoms with Gasteiger partial charge in [-0.2, -0.15) is 5.26 Å². The van der Waals surface area contributed by atoms with Crippen LogP contribution in [0.4, 0.5) is 0 Å². The number of carbonyl (C=O) groups excluding carboxylic acids is 1. The van der Waals surface area contributed by atoms with Crippen LogP contribution in [0.2, 0.25) is 0 Å². The third-order valence-corrected chi connectivity index (χ3v) is 3.05. The molecule has 0 rings (SSSR count). The minimum atomic E-state index is -3.37. The van der Waals surface area contributed by atoms with E-state index < -0.39 is 16.0 Å². The Kier molecular flexibility index (Phi) is 6.66. The van der Waals surface area contributed by atoms with Gasteiger partial charge in [-0.25, -0.2) is 13.1 Å². The molecule has 0 aliphatic rings. The zero-order chi connectivity index (χ0) is 11.7. The first-order valence-corrected chi connectivity index (χ1v) is 6.08. The van der Waals surface area contributed by atoms with E-state index in [0.29, 0.717) is 0 Å². The van der Waals surface area contributed by atoms with Crippen LogP contribution in [-0.2, 0) is 19.6 Å². The zero-order valence-electron chi connectivity index (χ0n) is 8.52. The predicted molar refractivity (Wildman–Crippen MR) is 53.3 cm³/mol. The number of nitrogens with one attached hydrogen (secondary N) is 1. The first kappa shape index (κ1) is 13.9. The summed E-state index contributed by atoms with van der Waals surface area (Å²) < 4.78 is 29.0. The average Bonchev–Trinajstić information content (AvgIpc) is 2.17. The second-order valence-corrected chi connectivity index (χ2v) is 4.73. The molecule has 86 valence electrons. The Morgan fingerprint density at radius 1 is 1.53 bits per heavy atom. The minimum Gasteiger partial charge on any atom is -0.469 e.